The van der Waals surface area contributed by atoms with Crippen molar-refractivity contribution in [1.29, 1.82) is 0 Å². The Hall–Kier alpha value is -2.16. The van der Waals surface area contributed by atoms with Crippen LogP contribution in [0, 0.1) is 0 Å². The standard InChI is InChI=1S/C17H16N2O4S2/c20-15(14-7-4-8-23-14)19-10-18(11-25-17(19)24)13(16(21)22)9-12-5-2-1-3-6-12/h1-8,13H,9-11H2,(H,21,22)/t13-/m0/s1. The van der Waals surface area contributed by atoms with E-state index in [1.54, 1.807) is 17.0 Å². The molecule has 0 saturated carbocycles. The van der Waals surface area contributed by atoms with Gasteiger partial charge in [-0.05, 0) is 24.1 Å². The van der Waals surface area contributed by atoms with E-state index >= 15 is 0 Å². The molecule has 1 aliphatic rings. The van der Waals surface area contributed by atoms with Crippen molar-refractivity contribution in [1.82, 2.24) is 9.80 Å². The molecule has 6 nitrogen and oxygen atoms in total. The number of aliphatic carboxylic acids is 1. The summed E-state index contributed by atoms with van der Waals surface area (Å²) in [6.07, 6.45) is 1.77. The van der Waals surface area contributed by atoms with E-state index in [1.807, 2.05) is 30.3 Å². The summed E-state index contributed by atoms with van der Waals surface area (Å²) in [4.78, 5) is 27.4. The molecule has 1 aliphatic heterocycles. The third-order valence-corrected chi connectivity index (χ3v) is 5.37. The van der Waals surface area contributed by atoms with Gasteiger partial charge >= 0.3 is 5.97 Å². The van der Waals surface area contributed by atoms with Crippen molar-refractivity contribution in [2.45, 2.75) is 12.5 Å². The molecule has 0 unspecified atom stereocenters. The van der Waals surface area contributed by atoms with E-state index in [2.05, 4.69) is 0 Å². The van der Waals surface area contributed by atoms with Crippen molar-refractivity contribution in [2.24, 2.45) is 0 Å². The van der Waals surface area contributed by atoms with Crippen LogP contribution in [0.25, 0.3) is 0 Å². The van der Waals surface area contributed by atoms with Crippen molar-refractivity contribution in [2.75, 3.05) is 12.5 Å². The maximum absolute atomic E-state index is 12.5. The van der Waals surface area contributed by atoms with E-state index in [0.717, 1.165) is 5.56 Å². The molecule has 1 aromatic carbocycles. The Labute approximate surface area is 154 Å². The quantitative estimate of drug-likeness (QED) is 0.804. The minimum absolute atomic E-state index is 0.120. The molecule has 130 valence electrons. The maximum Gasteiger partial charge on any atom is 0.321 e. The minimum atomic E-state index is -0.928. The number of carbonyl (C=O) groups is 2. The summed E-state index contributed by atoms with van der Waals surface area (Å²) in [6.45, 7) is 0.120. The number of amides is 1. The van der Waals surface area contributed by atoms with Crippen molar-refractivity contribution < 1.29 is 19.1 Å². The molecule has 1 fully saturated rings. The molecule has 8 heteroatoms. The van der Waals surface area contributed by atoms with Gasteiger partial charge in [0.25, 0.3) is 5.91 Å². The number of thioether (sulfide) groups is 1. The van der Waals surface area contributed by atoms with Gasteiger partial charge < -0.3 is 9.52 Å². The lowest BCUT2D eigenvalue weighted by molar-refractivity contribution is -0.143. The number of benzene rings is 1. The number of nitrogens with zero attached hydrogens (tertiary/aromatic N) is 2. The number of hydrogen-bond acceptors (Lipinski definition) is 6. The fourth-order valence-corrected chi connectivity index (χ4v) is 3.71. The lowest BCUT2D eigenvalue weighted by Gasteiger charge is -2.37. The van der Waals surface area contributed by atoms with E-state index in [4.69, 9.17) is 16.6 Å². The number of hydrogen-bond donors (Lipinski definition) is 1. The molecule has 1 amide bonds. The highest BCUT2D eigenvalue weighted by Crippen LogP contribution is 2.24. The van der Waals surface area contributed by atoms with Crippen molar-refractivity contribution in [3.63, 3.8) is 0 Å². The number of thiocarbonyl (C=S) groups is 1. The summed E-state index contributed by atoms with van der Waals surface area (Å²) in [5.41, 5.74) is 0.928. The molecular weight excluding hydrogens is 360 g/mol. The predicted molar refractivity (Wildman–Crippen MR) is 98.2 cm³/mol. The third-order valence-electron chi connectivity index (χ3n) is 3.87. The Kier molecular flexibility index (Phi) is 5.52. The highest BCUT2D eigenvalue weighted by Gasteiger charge is 2.35. The van der Waals surface area contributed by atoms with E-state index in [1.165, 1.54) is 22.9 Å². The van der Waals surface area contributed by atoms with Crippen LogP contribution >= 0.6 is 24.0 Å². The molecule has 1 aromatic heterocycles. The first-order valence-electron chi connectivity index (χ1n) is 7.59. The van der Waals surface area contributed by atoms with Crippen LogP contribution in [0.2, 0.25) is 0 Å². The van der Waals surface area contributed by atoms with Crippen LogP contribution in [-0.2, 0) is 11.2 Å². The zero-order chi connectivity index (χ0) is 17.8. The van der Waals surface area contributed by atoms with Gasteiger partial charge in [0.15, 0.2) is 5.76 Å². The van der Waals surface area contributed by atoms with Crippen LogP contribution in [0.3, 0.4) is 0 Å². The van der Waals surface area contributed by atoms with E-state index < -0.39 is 12.0 Å². The molecule has 0 aliphatic carbocycles. The first-order valence-corrected chi connectivity index (χ1v) is 8.98. The van der Waals surface area contributed by atoms with Crippen LogP contribution in [0.4, 0.5) is 0 Å². The van der Waals surface area contributed by atoms with Crippen LogP contribution in [0.5, 0.6) is 0 Å². The monoisotopic (exact) mass is 376 g/mol. The summed E-state index contributed by atoms with van der Waals surface area (Å²) in [5, 5.41) is 9.66. The van der Waals surface area contributed by atoms with Crippen LogP contribution in [-0.4, -0.2) is 49.7 Å². The maximum atomic E-state index is 12.5. The molecule has 3 rings (SSSR count). The lowest BCUT2D eigenvalue weighted by Crippen LogP contribution is -2.54. The number of furan rings is 1. The van der Waals surface area contributed by atoms with Crippen molar-refractivity contribution in [3.8, 4) is 0 Å². The van der Waals surface area contributed by atoms with Crippen LogP contribution in [0.15, 0.2) is 53.1 Å². The van der Waals surface area contributed by atoms with Crippen LogP contribution in [0.1, 0.15) is 16.1 Å². The van der Waals surface area contributed by atoms with Gasteiger partial charge in [-0.1, -0.05) is 54.3 Å². The van der Waals surface area contributed by atoms with Crippen LogP contribution < -0.4 is 0 Å². The van der Waals surface area contributed by atoms with E-state index in [9.17, 15) is 14.7 Å². The molecule has 25 heavy (non-hydrogen) atoms. The summed E-state index contributed by atoms with van der Waals surface area (Å²) >= 11 is 6.54. The highest BCUT2D eigenvalue weighted by molar-refractivity contribution is 8.23. The summed E-state index contributed by atoms with van der Waals surface area (Å²) in [5.74, 6) is -0.691. The van der Waals surface area contributed by atoms with Gasteiger partial charge in [-0.25, -0.2) is 0 Å². The fraction of sp³-hybridized carbons (Fsp3) is 0.235. The SMILES string of the molecule is O=C(O)[C@H](Cc1ccccc1)N1CSC(=S)N(C(=O)c2ccco2)C1. The molecule has 2 aromatic rings. The summed E-state index contributed by atoms with van der Waals surface area (Å²) in [6, 6.07) is 11.9. The topological polar surface area (TPSA) is 74.0 Å². The summed E-state index contributed by atoms with van der Waals surface area (Å²) < 4.78 is 5.56. The Bertz CT molecular complexity index is 764. The van der Waals surface area contributed by atoms with Gasteiger partial charge in [0.2, 0.25) is 0 Å². The smallest absolute Gasteiger partial charge is 0.321 e. The van der Waals surface area contributed by atoms with Gasteiger partial charge in [-0.15, -0.1) is 0 Å². The Balaban J connectivity index is 1.77. The molecule has 0 spiro atoms. The Morgan fingerprint density at radius 1 is 1.24 bits per heavy atom. The average Bonchev–Trinajstić information content (AvgIpc) is 3.15. The zero-order valence-electron chi connectivity index (χ0n) is 13.2. The zero-order valence-corrected chi connectivity index (χ0v) is 14.8. The van der Waals surface area contributed by atoms with E-state index in [0.29, 0.717) is 16.6 Å². The normalized spacial score (nSPS) is 16.6. The molecule has 1 atom stereocenters. The largest absolute Gasteiger partial charge is 0.480 e. The minimum Gasteiger partial charge on any atom is -0.480 e. The van der Waals surface area contributed by atoms with Gasteiger partial charge in [0.05, 0.1) is 18.8 Å². The summed E-state index contributed by atoms with van der Waals surface area (Å²) in [7, 11) is 0. The van der Waals surface area contributed by atoms with Gasteiger partial charge in [-0.3, -0.25) is 19.4 Å². The lowest BCUT2D eigenvalue weighted by atomic mass is 10.1. The molecular formula is C17H16N2O4S2. The average molecular weight is 376 g/mol. The number of rotatable bonds is 5. The number of carboxylic acid groups (broad SMARTS) is 1. The van der Waals surface area contributed by atoms with Gasteiger partial charge in [0.1, 0.15) is 10.4 Å². The van der Waals surface area contributed by atoms with Crippen molar-refractivity contribution >= 4 is 40.2 Å². The Morgan fingerprint density at radius 3 is 2.64 bits per heavy atom. The second kappa shape index (κ2) is 7.81. The number of carboxylic acids is 1. The second-order valence-corrected chi connectivity index (χ2v) is 7.10. The molecule has 0 radical (unpaired) electrons. The Morgan fingerprint density at radius 2 is 2.00 bits per heavy atom. The fourth-order valence-electron chi connectivity index (χ4n) is 2.58. The second-order valence-electron chi connectivity index (χ2n) is 5.52. The van der Waals surface area contributed by atoms with Gasteiger partial charge in [0, 0.05) is 0 Å². The molecule has 1 saturated heterocycles. The highest BCUT2D eigenvalue weighted by atomic mass is 32.2. The van der Waals surface area contributed by atoms with Gasteiger partial charge in [-0.2, -0.15) is 0 Å². The molecule has 1 N–H and O–H groups in total. The molecule has 2 heterocycles. The first-order chi connectivity index (χ1) is 12.1. The first kappa shape index (κ1) is 17.7. The third kappa shape index (κ3) is 4.09. The number of carbonyl (C=O) groups excluding carboxylic acids is 1. The predicted octanol–water partition coefficient (Wildman–Crippen LogP) is 2.67. The molecule has 0 bridgehead atoms. The van der Waals surface area contributed by atoms with E-state index in [-0.39, 0.29) is 18.3 Å². The van der Waals surface area contributed by atoms with Crippen molar-refractivity contribution in [3.05, 3.63) is 60.1 Å².